The van der Waals surface area contributed by atoms with E-state index in [4.69, 9.17) is 0 Å². The lowest BCUT2D eigenvalue weighted by atomic mass is 10.1. The van der Waals surface area contributed by atoms with Crippen LogP contribution in [0.2, 0.25) is 0 Å². The standard InChI is InChI=1S/C19H25N3O.2C16H21F3N2O2/c23-19(20-11-8-14-21-12-4-1-5-13-21)17-9-2-3-10-18(17)22-15-6-7-16-22;17-16(18,19)23-14-8-3-2-7-13(14)15(22)20-9-6-12-21-10-4-1-5-11-21;17-16(18,19)23-14-7-4-6-13(12-14)15(22)20-8-5-11-21-9-2-1-3-10-21/h2-3,6-7,9-10,15-16H,1,4-5,8,11-14H2,(H,20,23);2-3,7-8H,1,4-6,9-12H2,(H,20,22);4,6-7,12H,1-3,5,8-11H2,(H,20,22). The Hall–Kier alpha value is -5.59. The molecule has 0 radical (unpaired) electrons. The van der Waals surface area contributed by atoms with Crippen molar-refractivity contribution in [2.45, 2.75) is 89.8 Å². The molecular formula is C51H67F6N7O5. The zero-order valence-electron chi connectivity index (χ0n) is 39.3. The zero-order chi connectivity index (χ0) is 49.3. The summed E-state index contributed by atoms with van der Waals surface area (Å²) in [6.07, 6.45) is 8.35. The number of nitrogens with one attached hydrogen (secondary N) is 3. The van der Waals surface area contributed by atoms with E-state index in [1.165, 1.54) is 107 Å². The molecule has 0 bridgehead atoms. The summed E-state index contributed by atoms with van der Waals surface area (Å²) in [5, 5.41) is 8.44. The number of benzene rings is 3. The van der Waals surface area contributed by atoms with Gasteiger partial charge in [-0.05, 0) is 171 Å². The van der Waals surface area contributed by atoms with Crippen LogP contribution in [0.25, 0.3) is 5.69 Å². The van der Waals surface area contributed by atoms with Gasteiger partial charge in [0, 0.05) is 37.6 Å². The Labute approximate surface area is 401 Å². The van der Waals surface area contributed by atoms with Gasteiger partial charge in [0.1, 0.15) is 11.5 Å². The molecule has 12 nitrogen and oxygen atoms in total. The topological polar surface area (TPSA) is 120 Å². The van der Waals surface area contributed by atoms with Gasteiger partial charge in [-0.1, -0.05) is 49.6 Å². The molecule has 3 amide bonds. The highest BCUT2D eigenvalue weighted by atomic mass is 19.4. The van der Waals surface area contributed by atoms with E-state index in [-0.39, 0.29) is 17.0 Å². The van der Waals surface area contributed by atoms with Crippen molar-refractivity contribution in [1.29, 1.82) is 0 Å². The van der Waals surface area contributed by atoms with E-state index < -0.39 is 36.0 Å². The second-order valence-electron chi connectivity index (χ2n) is 17.3. The number of ether oxygens (including phenoxy) is 2. The van der Waals surface area contributed by atoms with E-state index in [0.29, 0.717) is 13.1 Å². The Morgan fingerprint density at radius 2 is 0.913 bits per heavy atom. The first-order valence-electron chi connectivity index (χ1n) is 24.2. The third-order valence-corrected chi connectivity index (χ3v) is 11.9. The van der Waals surface area contributed by atoms with Crippen molar-refractivity contribution in [3.8, 4) is 17.2 Å². The minimum absolute atomic E-state index is 0.00736. The highest BCUT2D eigenvalue weighted by Gasteiger charge is 2.33. The van der Waals surface area contributed by atoms with Crippen molar-refractivity contribution < 1.29 is 50.2 Å². The fourth-order valence-corrected chi connectivity index (χ4v) is 8.44. The highest BCUT2D eigenvalue weighted by Crippen LogP contribution is 2.27. The lowest BCUT2D eigenvalue weighted by Gasteiger charge is -2.26. The molecule has 0 unspecified atom stereocenters. The quantitative estimate of drug-likeness (QED) is 0.0667. The Bertz CT molecular complexity index is 2120. The first kappa shape index (κ1) is 54.4. The van der Waals surface area contributed by atoms with Crippen LogP contribution < -0.4 is 25.4 Å². The number of nitrogens with zero attached hydrogens (tertiary/aromatic N) is 4. The maximum atomic E-state index is 12.5. The lowest BCUT2D eigenvalue weighted by molar-refractivity contribution is -0.275. The predicted octanol–water partition coefficient (Wildman–Crippen LogP) is 9.47. The molecule has 1 aromatic heterocycles. The maximum Gasteiger partial charge on any atom is 0.573 e. The molecule has 3 fully saturated rings. The number of hydrogen-bond acceptors (Lipinski definition) is 8. The Morgan fingerprint density at radius 3 is 1.41 bits per heavy atom. The molecule has 69 heavy (non-hydrogen) atoms. The summed E-state index contributed by atoms with van der Waals surface area (Å²) in [4.78, 5) is 43.7. The van der Waals surface area contributed by atoms with Crippen LogP contribution in [-0.2, 0) is 0 Å². The minimum Gasteiger partial charge on any atom is -0.406 e. The van der Waals surface area contributed by atoms with Gasteiger partial charge in [0.2, 0.25) is 0 Å². The SMILES string of the molecule is O=C(NCCCN1CCCCC1)c1cccc(OC(F)(F)F)c1.O=C(NCCCN1CCCCC1)c1ccccc1-n1cccc1.O=C(NCCCN1CCCCC1)c1ccccc1OC(F)(F)F. The van der Waals surface area contributed by atoms with Crippen molar-refractivity contribution in [1.82, 2.24) is 35.2 Å². The number of para-hydroxylation sites is 2. The van der Waals surface area contributed by atoms with Crippen molar-refractivity contribution >= 4 is 17.7 Å². The summed E-state index contributed by atoms with van der Waals surface area (Å²) in [6, 6.07) is 22.1. The van der Waals surface area contributed by atoms with Crippen molar-refractivity contribution in [3.63, 3.8) is 0 Å². The van der Waals surface area contributed by atoms with E-state index in [1.807, 2.05) is 53.4 Å². The molecule has 3 N–H and O–H groups in total. The van der Waals surface area contributed by atoms with Crippen LogP contribution >= 0.6 is 0 Å². The highest BCUT2D eigenvalue weighted by molar-refractivity contribution is 5.98. The van der Waals surface area contributed by atoms with Gasteiger partial charge in [0.05, 0.1) is 16.8 Å². The molecule has 4 aromatic rings. The molecule has 0 atom stereocenters. The van der Waals surface area contributed by atoms with Gasteiger partial charge < -0.3 is 44.7 Å². The number of rotatable bonds is 18. The zero-order valence-corrected chi connectivity index (χ0v) is 39.3. The third kappa shape index (κ3) is 20.9. The molecule has 7 rings (SSSR count). The first-order valence-corrected chi connectivity index (χ1v) is 24.2. The maximum absolute atomic E-state index is 12.5. The lowest BCUT2D eigenvalue weighted by Crippen LogP contribution is -2.33. The van der Waals surface area contributed by atoms with Gasteiger partial charge >= 0.3 is 12.7 Å². The van der Waals surface area contributed by atoms with Crippen LogP contribution in [-0.4, -0.2) is 128 Å². The average molecular weight is 972 g/mol. The third-order valence-electron chi connectivity index (χ3n) is 11.9. The number of carbonyl (C=O) groups excluding carboxylic acids is 3. The van der Waals surface area contributed by atoms with Crippen molar-refractivity contribution in [2.75, 3.05) is 78.5 Å². The van der Waals surface area contributed by atoms with E-state index in [0.717, 1.165) is 95.0 Å². The summed E-state index contributed by atoms with van der Waals surface area (Å²) in [7, 11) is 0. The van der Waals surface area contributed by atoms with Gasteiger partial charge in [-0.3, -0.25) is 14.4 Å². The molecule has 3 aromatic carbocycles. The summed E-state index contributed by atoms with van der Waals surface area (Å²) in [5.74, 6) is -1.81. The van der Waals surface area contributed by atoms with Gasteiger partial charge in [-0.25, -0.2) is 0 Å². The molecule has 378 valence electrons. The second-order valence-corrected chi connectivity index (χ2v) is 17.3. The van der Waals surface area contributed by atoms with Gasteiger partial charge in [0.15, 0.2) is 0 Å². The first-order chi connectivity index (χ1) is 33.2. The van der Waals surface area contributed by atoms with E-state index in [9.17, 15) is 40.7 Å². The van der Waals surface area contributed by atoms with Gasteiger partial charge in [0.25, 0.3) is 17.7 Å². The molecule has 3 aliphatic rings. The molecule has 3 aliphatic heterocycles. The summed E-state index contributed by atoms with van der Waals surface area (Å²) >= 11 is 0. The number of carbonyl (C=O) groups is 3. The molecule has 0 spiro atoms. The van der Waals surface area contributed by atoms with Crippen LogP contribution in [0.5, 0.6) is 11.5 Å². The predicted molar refractivity (Wildman–Crippen MR) is 254 cm³/mol. The summed E-state index contributed by atoms with van der Waals surface area (Å²) in [6.45, 7) is 11.3. The number of hydrogen-bond donors (Lipinski definition) is 3. The Morgan fingerprint density at radius 1 is 0.478 bits per heavy atom. The van der Waals surface area contributed by atoms with Gasteiger partial charge in [-0.15, -0.1) is 26.3 Å². The molecule has 0 aliphatic carbocycles. The number of halogens is 6. The van der Waals surface area contributed by atoms with E-state index in [1.54, 1.807) is 0 Å². The Kier molecular flexibility index (Phi) is 22.7. The molecule has 0 saturated carbocycles. The Balaban J connectivity index is 0.000000193. The summed E-state index contributed by atoms with van der Waals surface area (Å²) < 4.78 is 83.2. The summed E-state index contributed by atoms with van der Waals surface area (Å²) in [5.41, 5.74) is 1.69. The van der Waals surface area contributed by atoms with Crippen molar-refractivity contribution in [3.05, 3.63) is 114 Å². The van der Waals surface area contributed by atoms with Crippen LogP contribution in [0.15, 0.2) is 97.3 Å². The largest absolute Gasteiger partial charge is 0.573 e. The normalized spacial score (nSPS) is 15.9. The minimum atomic E-state index is -4.81. The van der Waals surface area contributed by atoms with Crippen molar-refractivity contribution in [2.24, 2.45) is 0 Å². The number of amides is 3. The van der Waals surface area contributed by atoms with Gasteiger partial charge in [-0.2, -0.15) is 0 Å². The molecule has 18 heteroatoms. The molecular weight excluding hydrogens is 905 g/mol. The van der Waals surface area contributed by atoms with Crippen LogP contribution in [0, 0.1) is 0 Å². The van der Waals surface area contributed by atoms with E-state index >= 15 is 0 Å². The number of alkyl halides is 6. The fraction of sp³-hybridized carbons (Fsp3) is 0.510. The smallest absolute Gasteiger partial charge is 0.406 e. The molecule has 4 heterocycles. The number of piperidine rings is 3. The van der Waals surface area contributed by atoms with Crippen LogP contribution in [0.3, 0.4) is 0 Å². The van der Waals surface area contributed by atoms with Crippen LogP contribution in [0.1, 0.15) is 108 Å². The van der Waals surface area contributed by atoms with Crippen LogP contribution in [0.4, 0.5) is 26.3 Å². The molecule has 3 saturated heterocycles. The average Bonchev–Trinajstić information content (AvgIpc) is 3.89. The van der Waals surface area contributed by atoms with E-state index in [2.05, 4.69) is 40.1 Å². The number of aromatic nitrogens is 1. The number of likely N-dealkylation sites (tertiary alicyclic amines) is 3. The second kappa shape index (κ2) is 28.8. The fourth-order valence-electron chi connectivity index (χ4n) is 8.44. The monoisotopic (exact) mass is 972 g/mol.